The smallest absolute Gasteiger partial charge is 0.268 e. The van der Waals surface area contributed by atoms with E-state index in [1.54, 1.807) is 0 Å². The van der Waals surface area contributed by atoms with Crippen LogP contribution in [0.3, 0.4) is 0 Å². The van der Waals surface area contributed by atoms with Gasteiger partial charge >= 0.3 is 0 Å². The Hall–Kier alpha value is -1.68. The van der Waals surface area contributed by atoms with Gasteiger partial charge in [0.1, 0.15) is 6.54 Å². The van der Waals surface area contributed by atoms with Gasteiger partial charge in [0.05, 0.1) is 11.1 Å². The van der Waals surface area contributed by atoms with E-state index in [4.69, 9.17) is 0 Å². The van der Waals surface area contributed by atoms with Crippen LogP contribution in [0.15, 0.2) is 29.3 Å². The molecule has 0 aromatic heterocycles. The summed E-state index contributed by atoms with van der Waals surface area (Å²) in [6, 6.07) is 7.63. The predicted octanol–water partition coefficient (Wildman–Crippen LogP) is 1.62. The molecule has 1 amide bonds. The van der Waals surface area contributed by atoms with E-state index >= 15 is 0 Å². The van der Waals surface area contributed by atoms with Crippen LogP contribution >= 0.6 is 0 Å². The zero-order chi connectivity index (χ0) is 13.9. The van der Waals surface area contributed by atoms with Crippen LogP contribution in [0.2, 0.25) is 0 Å². The van der Waals surface area contributed by atoms with Gasteiger partial charge in [0.2, 0.25) is 0 Å². The number of nitrogens with zero attached hydrogens (tertiary/aromatic N) is 2. The van der Waals surface area contributed by atoms with E-state index in [1.165, 1.54) is 25.7 Å². The Bertz CT molecular complexity index is 616. The molecule has 106 valence electrons. The van der Waals surface area contributed by atoms with Crippen molar-refractivity contribution in [1.29, 1.82) is 0 Å². The Kier molecular flexibility index (Phi) is 3.83. The standard InChI is InChI=1S/C16H20N2O2/c19-15-11-18(20)16(12-7-3-1-2-4-8-12)13-9-5-6-10-14(13)17-15/h5-6,9-10,12,20H,1-4,7-8,11H2. The topological polar surface area (TPSA) is 52.9 Å². The molecule has 20 heavy (non-hydrogen) atoms. The van der Waals surface area contributed by atoms with Gasteiger partial charge in [0.15, 0.2) is 0 Å². The fourth-order valence-corrected chi connectivity index (χ4v) is 3.29. The van der Waals surface area contributed by atoms with E-state index in [1.807, 2.05) is 24.3 Å². The van der Waals surface area contributed by atoms with Crippen LogP contribution in [0, 0.1) is 5.92 Å². The number of benzene rings is 1. The van der Waals surface area contributed by atoms with Crippen molar-refractivity contribution in [2.75, 3.05) is 6.54 Å². The molecule has 1 saturated carbocycles. The lowest BCUT2D eigenvalue weighted by atomic mass is 9.94. The lowest BCUT2D eigenvalue weighted by Gasteiger charge is -2.25. The van der Waals surface area contributed by atoms with Crippen LogP contribution in [0.5, 0.6) is 0 Å². The first-order valence-electron chi connectivity index (χ1n) is 7.43. The van der Waals surface area contributed by atoms with Gasteiger partial charge in [0.25, 0.3) is 5.91 Å². The van der Waals surface area contributed by atoms with Gasteiger partial charge in [-0.3, -0.25) is 15.1 Å². The van der Waals surface area contributed by atoms with Crippen molar-refractivity contribution in [3.63, 3.8) is 0 Å². The molecule has 4 nitrogen and oxygen atoms in total. The Morgan fingerprint density at radius 2 is 1.80 bits per heavy atom. The van der Waals surface area contributed by atoms with Crippen LogP contribution in [0.4, 0.5) is 0 Å². The van der Waals surface area contributed by atoms with Gasteiger partial charge in [0, 0.05) is 11.1 Å². The van der Waals surface area contributed by atoms with Crippen LogP contribution in [0.1, 0.15) is 38.5 Å². The van der Waals surface area contributed by atoms with Crippen molar-refractivity contribution < 1.29 is 10.0 Å². The van der Waals surface area contributed by atoms with Gasteiger partial charge < -0.3 is 0 Å². The van der Waals surface area contributed by atoms with Crippen molar-refractivity contribution in [2.45, 2.75) is 38.5 Å². The molecule has 1 fully saturated rings. The molecule has 3 rings (SSSR count). The lowest BCUT2D eigenvalue weighted by molar-refractivity contribution is -0.126. The molecule has 1 heterocycles. The Balaban J connectivity index is 2.16. The molecule has 0 spiro atoms. The van der Waals surface area contributed by atoms with Gasteiger partial charge in [-0.2, -0.15) is 0 Å². The normalized spacial score (nSPS) is 20.9. The number of para-hydroxylation sites is 1. The molecule has 0 saturated heterocycles. The third-order valence-corrected chi connectivity index (χ3v) is 4.23. The molecule has 2 aliphatic rings. The summed E-state index contributed by atoms with van der Waals surface area (Å²) in [4.78, 5) is 15.9. The van der Waals surface area contributed by atoms with Crippen molar-refractivity contribution in [3.8, 4) is 0 Å². The highest BCUT2D eigenvalue weighted by molar-refractivity contribution is 5.80. The Labute approximate surface area is 118 Å². The molecular formula is C16H20N2O2. The van der Waals surface area contributed by atoms with E-state index < -0.39 is 0 Å². The second-order valence-electron chi connectivity index (χ2n) is 5.65. The summed E-state index contributed by atoms with van der Waals surface area (Å²) in [5.74, 6) is 0.0355. The van der Waals surface area contributed by atoms with Gasteiger partial charge in [-0.15, -0.1) is 0 Å². The van der Waals surface area contributed by atoms with Crippen molar-refractivity contribution in [2.24, 2.45) is 10.9 Å². The minimum atomic E-state index is -0.288. The van der Waals surface area contributed by atoms with E-state index in [0.717, 1.165) is 28.8 Å². The molecule has 4 heteroatoms. The summed E-state index contributed by atoms with van der Waals surface area (Å²) in [5, 5.41) is 13.1. The second-order valence-corrected chi connectivity index (χ2v) is 5.65. The molecule has 0 radical (unpaired) electrons. The average molecular weight is 272 g/mol. The highest BCUT2D eigenvalue weighted by Gasteiger charge is 2.24. The zero-order valence-electron chi connectivity index (χ0n) is 11.6. The van der Waals surface area contributed by atoms with Crippen molar-refractivity contribution in [3.05, 3.63) is 34.8 Å². The molecule has 1 aliphatic heterocycles. The van der Waals surface area contributed by atoms with Gasteiger partial charge in [-0.25, -0.2) is 4.99 Å². The minimum absolute atomic E-state index is 0.0412. The van der Waals surface area contributed by atoms with E-state index in [-0.39, 0.29) is 12.5 Å². The highest BCUT2D eigenvalue weighted by atomic mass is 16.5. The summed E-state index contributed by atoms with van der Waals surface area (Å²) in [6.45, 7) is -0.0412. The molecule has 1 N–H and O–H groups in total. The van der Waals surface area contributed by atoms with E-state index in [2.05, 4.69) is 4.99 Å². The van der Waals surface area contributed by atoms with Crippen LogP contribution in [0.25, 0.3) is 5.70 Å². The van der Waals surface area contributed by atoms with Gasteiger partial charge in [-0.1, -0.05) is 43.9 Å². The van der Waals surface area contributed by atoms with Gasteiger partial charge in [-0.05, 0) is 18.9 Å². The third kappa shape index (κ3) is 2.61. The molecule has 0 unspecified atom stereocenters. The minimum Gasteiger partial charge on any atom is -0.288 e. The van der Waals surface area contributed by atoms with Crippen molar-refractivity contribution in [1.82, 2.24) is 5.06 Å². The lowest BCUT2D eigenvalue weighted by Crippen LogP contribution is -2.34. The summed E-state index contributed by atoms with van der Waals surface area (Å²) in [6.07, 6.45) is 7.06. The first-order valence-corrected chi connectivity index (χ1v) is 7.43. The zero-order valence-corrected chi connectivity index (χ0v) is 11.6. The Morgan fingerprint density at radius 3 is 2.55 bits per heavy atom. The largest absolute Gasteiger partial charge is 0.288 e. The monoisotopic (exact) mass is 272 g/mol. The van der Waals surface area contributed by atoms with Crippen LogP contribution in [-0.4, -0.2) is 22.7 Å². The number of rotatable bonds is 1. The van der Waals surface area contributed by atoms with Crippen LogP contribution in [-0.2, 0) is 4.79 Å². The van der Waals surface area contributed by atoms with Crippen molar-refractivity contribution >= 4 is 11.6 Å². The van der Waals surface area contributed by atoms with Crippen LogP contribution < -0.4 is 10.6 Å². The number of carbonyl (C=O) groups is 1. The molecule has 1 aliphatic carbocycles. The first kappa shape index (κ1) is 13.3. The number of amides is 1. The average Bonchev–Trinajstić information content (AvgIpc) is 2.75. The summed E-state index contributed by atoms with van der Waals surface area (Å²) in [5.41, 5.74) is 0.886. The van der Waals surface area contributed by atoms with E-state index in [0.29, 0.717) is 11.3 Å². The summed E-state index contributed by atoms with van der Waals surface area (Å²) < 4.78 is 0. The summed E-state index contributed by atoms with van der Waals surface area (Å²) in [7, 11) is 0. The number of hydrogen-bond acceptors (Lipinski definition) is 3. The molecule has 1 aromatic carbocycles. The SMILES string of the molecule is O=C1CN(O)C(C2CCCCCC2)=c2ccccc2=N1. The molecule has 0 atom stereocenters. The molecule has 1 aromatic rings. The number of hydroxylamine groups is 2. The maximum absolute atomic E-state index is 11.8. The second kappa shape index (κ2) is 5.75. The Morgan fingerprint density at radius 1 is 1.10 bits per heavy atom. The first-order chi connectivity index (χ1) is 9.75. The fourth-order valence-electron chi connectivity index (χ4n) is 3.29. The quantitative estimate of drug-likeness (QED) is 0.790. The predicted molar refractivity (Wildman–Crippen MR) is 75.3 cm³/mol. The highest BCUT2D eigenvalue weighted by Crippen LogP contribution is 2.30. The number of carbonyl (C=O) groups excluding carboxylic acids is 1. The third-order valence-electron chi connectivity index (χ3n) is 4.23. The van der Waals surface area contributed by atoms with E-state index in [9.17, 15) is 10.0 Å². The molecular weight excluding hydrogens is 252 g/mol. The number of hydrogen-bond donors (Lipinski definition) is 1. The fraction of sp³-hybridized carbons (Fsp3) is 0.500. The number of fused-ring (bicyclic) bond motifs is 1. The molecule has 0 bridgehead atoms. The maximum atomic E-state index is 11.8. The summed E-state index contributed by atoms with van der Waals surface area (Å²) >= 11 is 0. The maximum Gasteiger partial charge on any atom is 0.268 e.